The molecule has 9 heteroatoms. The molecule has 1 amide bonds. The van der Waals surface area contributed by atoms with Crippen LogP contribution in [0.25, 0.3) is 22.3 Å². The Kier molecular flexibility index (Phi) is 6.77. The Morgan fingerprint density at radius 1 is 1.09 bits per heavy atom. The molecule has 2 heterocycles. The Hall–Kier alpha value is -4.66. The summed E-state index contributed by atoms with van der Waals surface area (Å²) in [5, 5.41) is 5.05. The van der Waals surface area contributed by atoms with E-state index in [1.54, 1.807) is 9.58 Å². The Balaban J connectivity index is 1.72. The minimum atomic E-state index is -0.601. The molecule has 0 saturated heterocycles. The lowest BCUT2D eigenvalue weighted by atomic mass is 10.0. The number of ketones is 1. The molecule has 2 aromatic heterocycles. The lowest BCUT2D eigenvalue weighted by Crippen LogP contribution is -2.32. The molecule has 0 fully saturated rings. The van der Waals surface area contributed by atoms with Crippen LogP contribution in [0.1, 0.15) is 15.9 Å². The largest absolute Gasteiger partial charge is 0.383 e. The second-order valence-corrected chi connectivity index (χ2v) is 7.78. The number of hydrogen-bond acceptors (Lipinski definition) is 6. The van der Waals surface area contributed by atoms with Crippen molar-refractivity contribution in [2.24, 2.45) is 0 Å². The quantitative estimate of drug-likeness (QED) is 0.295. The van der Waals surface area contributed by atoms with E-state index in [0.717, 1.165) is 17.7 Å². The third-order valence-corrected chi connectivity index (χ3v) is 5.48. The molecular weight excluding hydrogens is 447 g/mol. The van der Waals surface area contributed by atoms with E-state index in [9.17, 15) is 14.0 Å². The molecule has 0 bridgehead atoms. The van der Waals surface area contributed by atoms with Crippen LogP contribution >= 0.6 is 0 Å². The van der Waals surface area contributed by atoms with Crippen LogP contribution in [0.2, 0.25) is 0 Å². The fourth-order valence-corrected chi connectivity index (χ4v) is 3.79. The Morgan fingerprint density at radius 3 is 2.57 bits per heavy atom. The standard InChI is InChI=1S/C26H23FN6O2/c1-3-21(34)18-12-19(14-20(27)13-18)24-23-25(28)29-16-30-26(23)33(31-24)11-10-32(22(35)4-2)15-17-8-6-5-7-9-17/h3-9,12-14,16H,1-2,10-11,15H2,(H2,28,29,30). The van der Waals surface area contributed by atoms with Crippen molar-refractivity contribution in [3.05, 3.63) is 97.1 Å². The van der Waals surface area contributed by atoms with Gasteiger partial charge in [0.25, 0.3) is 0 Å². The third kappa shape index (κ3) is 4.98. The number of aromatic nitrogens is 4. The molecule has 0 atom stereocenters. The summed E-state index contributed by atoms with van der Waals surface area (Å²) < 4.78 is 16.0. The number of nitrogen functional groups attached to an aromatic ring is 1. The van der Waals surface area contributed by atoms with Gasteiger partial charge in [0, 0.05) is 24.2 Å². The molecule has 35 heavy (non-hydrogen) atoms. The molecule has 0 aliphatic rings. The van der Waals surface area contributed by atoms with Crippen molar-refractivity contribution in [3.8, 4) is 11.3 Å². The summed E-state index contributed by atoms with van der Waals surface area (Å²) in [5.41, 5.74) is 8.36. The van der Waals surface area contributed by atoms with Crippen LogP contribution in [0.15, 0.2) is 80.2 Å². The summed E-state index contributed by atoms with van der Waals surface area (Å²) in [6.07, 6.45) is 3.69. The molecule has 4 aromatic rings. The molecular formula is C26H23FN6O2. The van der Waals surface area contributed by atoms with Crippen LogP contribution in [0, 0.1) is 5.82 Å². The molecule has 2 aromatic carbocycles. The maximum absolute atomic E-state index is 14.4. The maximum Gasteiger partial charge on any atom is 0.246 e. The van der Waals surface area contributed by atoms with Gasteiger partial charge < -0.3 is 10.6 Å². The van der Waals surface area contributed by atoms with Gasteiger partial charge in [0.15, 0.2) is 11.4 Å². The highest BCUT2D eigenvalue weighted by molar-refractivity contribution is 6.06. The zero-order chi connectivity index (χ0) is 24.9. The van der Waals surface area contributed by atoms with Gasteiger partial charge in [-0.05, 0) is 35.9 Å². The van der Waals surface area contributed by atoms with Gasteiger partial charge in [-0.1, -0.05) is 43.5 Å². The number of hydrogen-bond donors (Lipinski definition) is 1. The number of amides is 1. The minimum absolute atomic E-state index is 0.138. The zero-order valence-electron chi connectivity index (χ0n) is 18.9. The van der Waals surface area contributed by atoms with E-state index in [1.807, 2.05) is 30.3 Å². The van der Waals surface area contributed by atoms with E-state index in [4.69, 9.17) is 5.73 Å². The Labute approximate surface area is 201 Å². The van der Waals surface area contributed by atoms with Crippen LogP contribution in [0.3, 0.4) is 0 Å². The summed E-state index contributed by atoms with van der Waals surface area (Å²) in [5.74, 6) is -1.08. The van der Waals surface area contributed by atoms with E-state index < -0.39 is 11.6 Å². The molecule has 0 spiro atoms. The van der Waals surface area contributed by atoms with Gasteiger partial charge in [0.1, 0.15) is 23.7 Å². The molecule has 0 aliphatic heterocycles. The SMILES string of the molecule is C=CC(=O)c1cc(F)cc(-c2nn(CCN(Cc3ccccc3)C(=O)C=C)c3ncnc(N)c23)c1. The second-order valence-electron chi connectivity index (χ2n) is 7.78. The van der Waals surface area contributed by atoms with Crippen LogP contribution < -0.4 is 5.73 Å². The number of carbonyl (C=O) groups excluding carboxylic acids is 2. The number of rotatable bonds is 9. The number of halogens is 1. The van der Waals surface area contributed by atoms with Gasteiger partial charge >= 0.3 is 0 Å². The molecule has 0 unspecified atom stereocenters. The summed E-state index contributed by atoms with van der Waals surface area (Å²) in [6, 6.07) is 13.5. The van der Waals surface area contributed by atoms with Crippen LogP contribution in [-0.4, -0.2) is 42.9 Å². The predicted molar refractivity (Wildman–Crippen MR) is 132 cm³/mol. The van der Waals surface area contributed by atoms with Crippen molar-refractivity contribution in [1.29, 1.82) is 0 Å². The highest BCUT2D eigenvalue weighted by atomic mass is 19.1. The first kappa shape index (κ1) is 23.5. The number of allylic oxidation sites excluding steroid dienone is 1. The first-order chi connectivity index (χ1) is 16.9. The van der Waals surface area contributed by atoms with E-state index in [1.165, 1.54) is 24.5 Å². The van der Waals surface area contributed by atoms with Crippen molar-refractivity contribution in [3.63, 3.8) is 0 Å². The summed E-state index contributed by atoms with van der Waals surface area (Å²) in [4.78, 5) is 34.6. The fourth-order valence-electron chi connectivity index (χ4n) is 3.79. The molecule has 2 N–H and O–H groups in total. The first-order valence-electron chi connectivity index (χ1n) is 10.8. The number of fused-ring (bicyclic) bond motifs is 1. The first-order valence-corrected chi connectivity index (χ1v) is 10.8. The van der Waals surface area contributed by atoms with Gasteiger partial charge in [-0.3, -0.25) is 9.59 Å². The monoisotopic (exact) mass is 470 g/mol. The van der Waals surface area contributed by atoms with Gasteiger partial charge in [-0.25, -0.2) is 19.0 Å². The topological polar surface area (TPSA) is 107 Å². The molecule has 8 nitrogen and oxygen atoms in total. The summed E-state index contributed by atoms with van der Waals surface area (Å²) >= 11 is 0. The average molecular weight is 471 g/mol. The van der Waals surface area contributed by atoms with Gasteiger partial charge in [-0.2, -0.15) is 5.10 Å². The minimum Gasteiger partial charge on any atom is -0.383 e. The normalized spacial score (nSPS) is 10.8. The highest BCUT2D eigenvalue weighted by Gasteiger charge is 2.20. The Morgan fingerprint density at radius 2 is 1.86 bits per heavy atom. The van der Waals surface area contributed by atoms with Crippen LogP contribution in [0.5, 0.6) is 0 Å². The van der Waals surface area contributed by atoms with Crippen molar-refractivity contribution >= 4 is 28.5 Å². The van der Waals surface area contributed by atoms with Crippen LogP contribution in [-0.2, 0) is 17.9 Å². The van der Waals surface area contributed by atoms with Crippen molar-refractivity contribution in [2.45, 2.75) is 13.1 Å². The number of carbonyl (C=O) groups is 2. The number of nitrogens with zero attached hydrogens (tertiary/aromatic N) is 5. The number of benzene rings is 2. The van der Waals surface area contributed by atoms with E-state index in [2.05, 4.69) is 28.2 Å². The van der Waals surface area contributed by atoms with Gasteiger partial charge in [-0.15, -0.1) is 0 Å². The van der Waals surface area contributed by atoms with E-state index in [0.29, 0.717) is 35.4 Å². The zero-order valence-corrected chi connectivity index (χ0v) is 18.9. The lowest BCUT2D eigenvalue weighted by Gasteiger charge is -2.21. The average Bonchev–Trinajstić information content (AvgIpc) is 3.25. The molecule has 0 radical (unpaired) electrons. The fraction of sp³-hybridized carbons (Fsp3) is 0.115. The number of nitrogens with two attached hydrogens (primary N) is 1. The smallest absolute Gasteiger partial charge is 0.246 e. The van der Waals surface area contributed by atoms with E-state index >= 15 is 0 Å². The van der Waals surface area contributed by atoms with Crippen molar-refractivity contribution < 1.29 is 14.0 Å². The predicted octanol–water partition coefficient (Wildman–Crippen LogP) is 3.80. The van der Waals surface area contributed by atoms with Crippen molar-refractivity contribution in [1.82, 2.24) is 24.6 Å². The number of anilines is 1. The Bertz CT molecular complexity index is 1430. The van der Waals surface area contributed by atoms with E-state index in [-0.39, 0.29) is 23.8 Å². The van der Waals surface area contributed by atoms with Gasteiger partial charge in [0.2, 0.25) is 5.91 Å². The third-order valence-electron chi connectivity index (χ3n) is 5.48. The summed E-state index contributed by atoms with van der Waals surface area (Å²) in [7, 11) is 0. The lowest BCUT2D eigenvalue weighted by molar-refractivity contribution is -0.126. The molecule has 4 rings (SSSR count). The molecule has 176 valence electrons. The highest BCUT2D eigenvalue weighted by Crippen LogP contribution is 2.31. The second kappa shape index (κ2) is 10.1. The van der Waals surface area contributed by atoms with Gasteiger partial charge in [0.05, 0.1) is 11.9 Å². The van der Waals surface area contributed by atoms with Crippen molar-refractivity contribution in [2.75, 3.05) is 12.3 Å². The molecule has 0 saturated carbocycles. The molecule has 0 aliphatic carbocycles. The van der Waals surface area contributed by atoms with Crippen LogP contribution in [0.4, 0.5) is 10.2 Å². The maximum atomic E-state index is 14.4. The summed E-state index contributed by atoms with van der Waals surface area (Å²) in [6.45, 7) is 8.05.